The first-order valence-corrected chi connectivity index (χ1v) is 9.28. The predicted octanol–water partition coefficient (Wildman–Crippen LogP) is 5.41. The second-order valence-electron chi connectivity index (χ2n) is 5.88. The average Bonchev–Trinajstić information content (AvgIpc) is 2.69. The standard InChI is InChI=1S/C22H23NO2S/c1-24-20-13-14-21(25-2)22(15-20)26-23(16-18-9-5-3-6-10-18)17-19-11-7-4-8-12-19/h3-15H,16-17H2,1-2H3. The number of rotatable bonds is 8. The van der Waals surface area contributed by atoms with Crippen LogP contribution < -0.4 is 9.47 Å². The molecule has 0 aliphatic rings. The van der Waals surface area contributed by atoms with E-state index in [0.717, 1.165) is 29.5 Å². The molecule has 4 heteroatoms. The lowest BCUT2D eigenvalue weighted by atomic mass is 10.2. The number of methoxy groups -OCH3 is 2. The molecule has 0 aliphatic heterocycles. The van der Waals surface area contributed by atoms with Crippen LogP contribution in [0.2, 0.25) is 0 Å². The van der Waals surface area contributed by atoms with Gasteiger partial charge in [0.05, 0.1) is 19.1 Å². The summed E-state index contributed by atoms with van der Waals surface area (Å²) < 4.78 is 13.3. The Labute approximate surface area is 159 Å². The molecule has 3 nitrogen and oxygen atoms in total. The Morgan fingerprint density at radius 3 is 1.81 bits per heavy atom. The summed E-state index contributed by atoms with van der Waals surface area (Å²) in [7, 11) is 3.38. The largest absolute Gasteiger partial charge is 0.497 e. The second-order valence-corrected chi connectivity index (χ2v) is 7.02. The van der Waals surface area contributed by atoms with E-state index in [0.29, 0.717) is 0 Å². The number of benzene rings is 3. The van der Waals surface area contributed by atoms with Gasteiger partial charge in [0.25, 0.3) is 0 Å². The van der Waals surface area contributed by atoms with Crippen LogP contribution in [0.25, 0.3) is 0 Å². The SMILES string of the molecule is COc1ccc(OC)c(SN(Cc2ccccc2)Cc2ccccc2)c1. The van der Waals surface area contributed by atoms with Crippen molar-refractivity contribution in [2.24, 2.45) is 0 Å². The van der Waals surface area contributed by atoms with E-state index in [9.17, 15) is 0 Å². The summed E-state index contributed by atoms with van der Waals surface area (Å²) in [5.41, 5.74) is 2.55. The van der Waals surface area contributed by atoms with Crippen molar-refractivity contribution in [2.75, 3.05) is 14.2 Å². The van der Waals surface area contributed by atoms with Crippen molar-refractivity contribution in [2.45, 2.75) is 18.0 Å². The third-order valence-electron chi connectivity index (χ3n) is 4.00. The van der Waals surface area contributed by atoms with Crippen molar-refractivity contribution in [3.8, 4) is 11.5 Å². The summed E-state index contributed by atoms with van der Waals surface area (Å²) in [6, 6.07) is 26.9. The molecule has 0 unspecified atom stereocenters. The molecule has 0 fully saturated rings. The molecular weight excluding hydrogens is 342 g/mol. The molecule has 0 bridgehead atoms. The minimum atomic E-state index is 0.827. The average molecular weight is 365 g/mol. The number of ether oxygens (including phenoxy) is 2. The van der Waals surface area contributed by atoms with Crippen LogP contribution in [0, 0.1) is 0 Å². The van der Waals surface area contributed by atoms with E-state index < -0.39 is 0 Å². The molecule has 0 atom stereocenters. The van der Waals surface area contributed by atoms with Gasteiger partial charge in [0.1, 0.15) is 11.5 Å². The van der Waals surface area contributed by atoms with Gasteiger partial charge >= 0.3 is 0 Å². The first-order chi connectivity index (χ1) is 12.8. The molecule has 0 heterocycles. The quantitative estimate of drug-likeness (QED) is 0.497. The van der Waals surface area contributed by atoms with E-state index in [4.69, 9.17) is 9.47 Å². The van der Waals surface area contributed by atoms with Gasteiger partial charge in [-0.25, -0.2) is 4.31 Å². The molecule has 0 spiro atoms. The lowest BCUT2D eigenvalue weighted by Crippen LogP contribution is -2.15. The summed E-state index contributed by atoms with van der Waals surface area (Å²) in [6.45, 7) is 1.67. The highest BCUT2D eigenvalue weighted by Crippen LogP contribution is 2.36. The van der Waals surface area contributed by atoms with Crippen molar-refractivity contribution < 1.29 is 9.47 Å². The molecule has 3 aromatic carbocycles. The highest BCUT2D eigenvalue weighted by atomic mass is 32.2. The van der Waals surface area contributed by atoms with Gasteiger partial charge in [-0.2, -0.15) is 0 Å². The molecule has 134 valence electrons. The van der Waals surface area contributed by atoms with Gasteiger partial charge in [-0.05, 0) is 41.3 Å². The predicted molar refractivity (Wildman–Crippen MR) is 108 cm³/mol. The third-order valence-corrected chi connectivity index (χ3v) is 5.03. The topological polar surface area (TPSA) is 21.7 Å². The molecule has 0 aromatic heterocycles. The van der Waals surface area contributed by atoms with Crippen molar-refractivity contribution >= 4 is 11.9 Å². The van der Waals surface area contributed by atoms with Crippen LogP contribution >= 0.6 is 11.9 Å². The molecule has 3 rings (SSSR count). The van der Waals surface area contributed by atoms with E-state index in [2.05, 4.69) is 52.8 Å². The van der Waals surface area contributed by atoms with Crippen LogP contribution in [0.15, 0.2) is 83.8 Å². The van der Waals surface area contributed by atoms with E-state index in [1.807, 2.05) is 30.3 Å². The third kappa shape index (κ3) is 5.04. The van der Waals surface area contributed by atoms with Crippen molar-refractivity contribution in [3.63, 3.8) is 0 Å². The van der Waals surface area contributed by atoms with Crippen LogP contribution in [0.4, 0.5) is 0 Å². The number of hydrogen-bond acceptors (Lipinski definition) is 4. The second kappa shape index (κ2) is 9.32. The fourth-order valence-electron chi connectivity index (χ4n) is 2.69. The van der Waals surface area contributed by atoms with Gasteiger partial charge in [0.2, 0.25) is 0 Å². The number of hydrogen-bond donors (Lipinski definition) is 0. The minimum Gasteiger partial charge on any atom is -0.497 e. The van der Waals surface area contributed by atoms with E-state index in [-0.39, 0.29) is 0 Å². The molecule has 0 saturated carbocycles. The normalized spacial score (nSPS) is 10.7. The van der Waals surface area contributed by atoms with Gasteiger partial charge in [0.15, 0.2) is 0 Å². The molecule has 0 amide bonds. The maximum absolute atomic E-state index is 5.54. The first kappa shape index (κ1) is 18.4. The maximum Gasteiger partial charge on any atom is 0.134 e. The zero-order valence-corrected chi connectivity index (χ0v) is 15.9. The van der Waals surface area contributed by atoms with E-state index in [1.54, 1.807) is 26.2 Å². The van der Waals surface area contributed by atoms with Gasteiger partial charge in [-0.15, -0.1) is 0 Å². The molecule has 3 aromatic rings. The Bertz CT molecular complexity index is 767. The van der Waals surface area contributed by atoms with Crippen LogP contribution in [-0.4, -0.2) is 18.5 Å². The Morgan fingerprint density at radius 2 is 1.31 bits per heavy atom. The summed E-state index contributed by atoms with van der Waals surface area (Å²) in [5, 5.41) is 0. The Kier molecular flexibility index (Phi) is 6.58. The Morgan fingerprint density at radius 1 is 0.731 bits per heavy atom. The summed E-state index contributed by atoms with van der Waals surface area (Å²) in [4.78, 5) is 1.04. The summed E-state index contributed by atoms with van der Waals surface area (Å²) in [6.07, 6.45) is 0. The first-order valence-electron chi connectivity index (χ1n) is 8.51. The summed E-state index contributed by atoms with van der Waals surface area (Å²) >= 11 is 1.69. The summed E-state index contributed by atoms with van der Waals surface area (Å²) in [5.74, 6) is 1.68. The van der Waals surface area contributed by atoms with Gasteiger partial charge in [0, 0.05) is 13.1 Å². The van der Waals surface area contributed by atoms with Crippen LogP contribution in [0.1, 0.15) is 11.1 Å². The minimum absolute atomic E-state index is 0.827. The lowest BCUT2D eigenvalue weighted by molar-refractivity contribution is 0.392. The lowest BCUT2D eigenvalue weighted by Gasteiger charge is -2.22. The Hall–Kier alpha value is -2.43. The molecule has 0 N–H and O–H groups in total. The molecule has 0 aliphatic carbocycles. The molecule has 26 heavy (non-hydrogen) atoms. The highest BCUT2D eigenvalue weighted by molar-refractivity contribution is 7.97. The molecule has 0 radical (unpaired) electrons. The molecule has 0 saturated heterocycles. The fraction of sp³-hybridized carbons (Fsp3) is 0.182. The van der Waals surface area contributed by atoms with E-state index in [1.165, 1.54) is 11.1 Å². The van der Waals surface area contributed by atoms with Crippen molar-refractivity contribution in [1.29, 1.82) is 0 Å². The zero-order valence-electron chi connectivity index (χ0n) is 15.1. The van der Waals surface area contributed by atoms with Crippen LogP contribution in [0.3, 0.4) is 0 Å². The number of nitrogens with zero attached hydrogens (tertiary/aromatic N) is 1. The van der Waals surface area contributed by atoms with Gasteiger partial charge in [-0.1, -0.05) is 60.7 Å². The highest BCUT2D eigenvalue weighted by Gasteiger charge is 2.14. The smallest absolute Gasteiger partial charge is 0.134 e. The molecular formula is C22H23NO2S. The fourth-order valence-corrected chi connectivity index (χ4v) is 3.80. The van der Waals surface area contributed by atoms with Crippen molar-refractivity contribution in [3.05, 3.63) is 90.0 Å². The Balaban J connectivity index is 1.85. The van der Waals surface area contributed by atoms with Gasteiger partial charge in [-0.3, -0.25) is 0 Å². The van der Waals surface area contributed by atoms with Crippen LogP contribution in [0.5, 0.6) is 11.5 Å². The van der Waals surface area contributed by atoms with Crippen LogP contribution in [-0.2, 0) is 13.1 Å². The maximum atomic E-state index is 5.54. The monoisotopic (exact) mass is 365 g/mol. The zero-order chi connectivity index (χ0) is 18.2. The van der Waals surface area contributed by atoms with Gasteiger partial charge < -0.3 is 9.47 Å². The van der Waals surface area contributed by atoms with Crippen molar-refractivity contribution in [1.82, 2.24) is 4.31 Å². The van der Waals surface area contributed by atoms with E-state index >= 15 is 0 Å².